The molecule has 1 aliphatic heterocycles. The molecule has 6 heteroatoms. The van der Waals surface area contributed by atoms with Gasteiger partial charge < -0.3 is 20.3 Å². The summed E-state index contributed by atoms with van der Waals surface area (Å²) in [7, 11) is 1.64. The van der Waals surface area contributed by atoms with E-state index in [1.807, 2.05) is 17.9 Å². The molecule has 6 nitrogen and oxygen atoms in total. The van der Waals surface area contributed by atoms with E-state index in [0.717, 1.165) is 31.5 Å². The fourth-order valence-electron chi connectivity index (χ4n) is 3.08. The van der Waals surface area contributed by atoms with Gasteiger partial charge in [0.05, 0.1) is 0 Å². The number of hydrogen-bond acceptors (Lipinski definition) is 3. The molecule has 25 heavy (non-hydrogen) atoms. The van der Waals surface area contributed by atoms with Gasteiger partial charge in [-0.2, -0.15) is 0 Å². The van der Waals surface area contributed by atoms with Gasteiger partial charge in [-0.25, -0.2) is 4.79 Å². The number of ether oxygens (including phenoxy) is 1. The van der Waals surface area contributed by atoms with Gasteiger partial charge in [-0.15, -0.1) is 0 Å². The van der Waals surface area contributed by atoms with E-state index in [1.54, 1.807) is 19.2 Å². The summed E-state index contributed by atoms with van der Waals surface area (Å²) in [5, 5.41) is 5.61. The number of hydrogen-bond donors (Lipinski definition) is 2. The van der Waals surface area contributed by atoms with Crippen molar-refractivity contribution in [3.05, 3.63) is 29.3 Å². The first kappa shape index (κ1) is 19.2. The van der Waals surface area contributed by atoms with Crippen molar-refractivity contribution < 1.29 is 14.3 Å². The predicted molar refractivity (Wildman–Crippen MR) is 99.0 cm³/mol. The Morgan fingerprint density at radius 3 is 2.84 bits per heavy atom. The maximum Gasteiger partial charge on any atom is 0.319 e. The molecule has 1 heterocycles. The largest absolute Gasteiger partial charge is 0.385 e. The van der Waals surface area contributed by atoms with Crippen LogP contribution in [0.1, 0.15) is 42.1 Å². The average molecular weight is 347 g/mol. The molecular formula is C19H29N3O3. The van der Waals surface area contributed by atoms with Crippen LogP contribution in [0.25, 0.3) is 0 Å². The molecule has 138 valence electrons. The third-order valence-corrected chi connectivity index (χ3v) is 4.48. The van der Waals surface area contributed by atoms with Crippen molar-refractivity contribution in [2.45, 2.75) is 33.1 Å². The topological polar surface area (TPSA) is 70.7 Å². The number of carbonyl (C=O) groups excluding carboxylic acids is 2. The van der Waals surface area contributed by atoms with Crippen LogP contribution in [-0.4, -0.2) is 50.2 Å². The van der Waals surface area contributed by atoms with E-state index in [9.17, 15) is 9.59 Å². The molecule has 2 rings (SSSR count). The van der Waals surface area contributed by atoms with Crippen molar-refractivity contribution in [1.29, 1.82) is 0 Å². The lowest BCUT2D eigenvalue weighted by Crippen LogP contribution is -2.39. The van der Waals surface area contributed by atoms with Gasteiger partial charge in [0.1, 0.15) is 0 Å². The lowest BCUT2D eigenvalue weighted by atomic mass is 9.99. The molecule has 2 N–H and O–H groups in total. The van der Waals surface area contributed by atoms with Crippen molar-refractivity contribution in [2.75, 3.05) is 38.7 Å². The van der Waals surface area contributed by atoms with Gasteiger partial charge >= 0.3 is 6.03 Å². The van der Waals surface area contributed by atoms with Crippen LogP contribution in [-0.2, 0) is 4.74 Å². The van der Waals surface area contributed by atoms with Crippen LogP contribution < -0.4 is 10.6 Å². The number of methoxy groups -OCH3 is 1. The van der Waals surface area contributed by atoms with Crippen LogP contribution in [0.4, 0.5) is 10.5 Å². The second kappa shape index (κ2) is 9.42. The van der Waals surface area contributed by atoms with Crippen LogP contribution in [0.2, 0.25) is 0 Å². The highest BCUT2D eigenvalue weighted by Gasteiger charge is 2.22. The fourth-order valence-corrected chi connectivity index (χ4v) is 3.08. The van der Waals surface area contributed by atoms with Gasteiger partial charge in [-0.05, 0) is 55.9 Å². The van der Waals surface area contributed by atoms with E-state index in [2.05, 4.69) is 17.6 Å². The van der Waals surface area contributed by atoms with E-state index < -0.39 is 0 Å². The first-order valence-electron chi connectivity index (χ1n) is 8.95. The highest BCUT2D eigenvalue weighted by atomic mass is 16.5. The summed E-state index contributed by atoms with van der Waals surface area (Å²) in [6.07, 6.45) is 3.02. The molecule has 1 saturated heterocycles. The third-order valence-electron chi connectivity index (χ3n) is 4.48. The maximum absolute atomic E-state index is 12.6. The van der Waals surface area contributed by atoms with Gasteiger partial charge in [0.25, 0.3) is 5.91 Å². The maximum atomic E-state index is 12.6. The van der Waals surface area contributed by atoms with E-state index in [-0.39, 0.29) is 11.9 Å². The molecule has 3 amide bonds. The summed E-state index contributed by atoms with van der Waals surface area (Å²) in [5.74, 6) is 0.631. The smallest absolute Gasteiger partial charge is 0.319 e. The molecule has 0 aromatic heterocycles. The summed E-state index contributed by atoms with van der Waals surface area (Å²) in [4.78, 5) is 26.5. The minimum absolute atomic E-state index is 0.0743. The van der Waals surface area contributed by atoms with Crippen molar-refractivity contribution in [2.24, 2.45) is 5.92 Å². The Morgan fingerprint density at radius 2 is 2.16 bits per heavy atom. The SMILES string of the molecule is COCCCNC(=O)Nc1ccc(C(=O)N2CCC[C@@H](C)C2)cc1C. The number of anilines is 1. The molecule has 0 spiro atoms. The Bertz CT molecular complexity index is 604. The van der Waals surface area contributed by atoms with Crippen molar-refractivity contribution in [1.82, 2.24) is 10.2 Å². The van der Waals surface area contributed by atoms with Gasteiger partial charge in [-0.1, -0.05) is 6.92 Å². The Hall–Kier alpha value is -2.08. The van der Waals surface area contributed by atoms with Crippen molar-refractivity contribution >= 4 is 17.6 Å². The number of likely N-dealkylation sites (tertiary alicyclic amines) is 1. The number of piperidine rings is 1. The van der Waals surface area contributed by atoms with E-state index in [0.29, 0.717) is 30.3 Å². The fraction of sp³-hybridized carbons (Fsp3) is 0.579. The second-order valence-electron chi connectivity index (χ2n) is 6.76. The zero-order valence-electron chi connectivity index (χ0n) is 15.4. The summed E-state index contributed by atoms with van der Waals surface area (Å²) >= 11 is 0. The van der Waals surface area contributed by atoms with Gasteiger partial charge in [-0.3, -0.25) is 4.79 Å². The predicted octanol–water partition coefficient (Wildman–Crippen LogP) is 3.03. The van der Waals surface area contributed by atoms with Crippen LogP contribution in [0.5, 0.6) is 0 Å². The summed E-state index contributed by atoms with van der Waals surface area (Å²) in [5.41, 5.74) is 2.27. The van der Waals surface area contributed by atoms with Gasteiger partial charge in [0.2, 0.25) is 0 Å². The van der Waals surface area contributed by atoms with E-state index in [4.69, 9.17) is 4.74 Å². The Morgan fingerprint density at radius 1 is 1.36 bits per heavy atom. The number of nitrogens with zero attached hydrogens (tertiary/aromatic N) is 1. The molecule has 0 aliphatic carbocycles. The minimum Gasteiger partial charge on any atom is -0.385 e. The molecule has 1 aliphatic rings. The number of nitrogens with one attached hydrogen (secondary N) is 2. The van der Waals surface area contributed by atoms with Gasteiger partial charge in [0.15, 0.2) is 0 Å². The van der Waals surface area contributed by atoms with Crippen LogP contribution in [0.15, 0.2) is 18.2 Å². The number of carbonyl (C=O) groups is 2. The normalized spacial score (nSPS) is 17.2. The monoisotopic (exact) mass is 347 g/mol. The highest BCUT2D eigenvalue weighted by Crippen LogP contribution is 2.21. The zero-order valence-corrected chi connectivity index (χ0v) is 15.4. The highest BCUT2D eigenvalue weighted by molar-refractivity contribution is 5.96. The first-order valence-corrected chi connectivity index (χ1v) is 8.95. The summed E-state index contributed by atoms with van der Waals surface area (Å²) < 4.78 is 4.95. The Balaban J connectivity index is 1.93. The second-order valence-corrected chi connectivity index (χ2v) is 6.76. The molecule has 1 aromatic rings. The summed E-state index contributed by atoms with van der Waals surface area (Å²) in [6.45, 7) is 6.90. The molecule has 0 radical (unpaired) electrons. The first-order chi connectivity index (χ1) is 12.0. The van der Waals surface area contributed by atoms with Gasteiger partial charge in [0, 0.05) is 44.6 Å². The number of aryl methyl sites for hydroxylation is 1. The molecule has 0 bridgehead atoms. The van der Waals surface area contributed by atoms with Crippen molar-refractivity contribution in [3.63, 3.8) is 0 Å². The number of rotatable bonds is 6. The summed E-state index contributed by atoms with van der Waals surface area (Å²) in [6, 6.07) is 5.19. The molecule has 0 unspecified atom stereocenters. The Kier molecular flexibility index (Phi) is 7.25. The molecule has 1 atom stereocenters. The number of urea groups is 1. The lowest BCUT2D eigenvalue weighted by molar-refractivity contribution is 0.0683. The molecule has 0 saturated carbocycles. The Labute approximate surface area is 149 Å². The van der Waals surface area contributed by atoms with Crippen LogP contribution >= 0.6 is 0 Å². The average Bonchev–Trinajstić information content (AvgIpc) is 2.60. The quantitative estimate of drug-likeness (QED) is 0.777. The van der Waals surface area contributed by atoms with E-state index >= 15 is 0 Å². The zero-order chi connectivity index (χ0) is 18.2. The molecule has 1 fully saturated rings. The minimum atomic E-state index is -0.247. The third kappa shape index (κ3) is 5.74. The lowest BCUT2D eigenvalue weighted by Gasteiger charge is -2.31. The standard InChI is InChI=1S/C19H29N3O3/c1-14-6-4-10-22(13-14)18(23)16-7-8-17(15(2)12-16)21-19(24)20-9-5-11-25-3/h7-8,12,14H,4-6,9-11,13H2,1-3H3,(H2,20,21,24)/t14-/m1/s1. The molecular weight excluding hydrogens is 318 g/mol. The number of amides is 3. The van der Waals surface area contributed by atoms with E-state index in [1.165, 1.54) is 6.42 Å². The van der Waals surface area contributed by atoms with Crippen LogP contribution in [0.3, 0.4) is 0 Å². The van der Waals surface area contributed by atoms with Crippen LogP contribution in [0, 0.1) is 12.8 Å². The van der Waals surface area contributed by atoms with Crippen molar-refractivity contribution in [3.8, 4) is 0 Å². The number of benzene rings is 1. The molecule has 1 aromatic carbocycles.